The van der Waals surface area contributed by atoms with Crippen LogP contribution in [0.5, 0.6) is 0 Å². The van der Waals surface area contributed by atoms with Gasteiger partial charge >= 0.3 is 0 Å². The Morgan fingerprint density at radius 2 is 1.88 bits per heavy atom. The molecular formula is C25H34N4O4. The molecule has 1 saturated carbocycles. The maximum Gasteiger partial charge on any atom is 0.271 e. The van der Waals surface area contributed by atoms with Crippen molar-refractivity contribution in [3.05, 3.63) is 36.2 Å². The number of rotatable bonds is 7. The molecule has 33 heavy (non-hydrogen) atoms. The number of ether oxygens (including phenoxy) is 1. The van der Waals surface area contributed by atoms with Crippen molar-refractivity contribution < 1.29 is 18.7 Å². The minimum absolute atomic E-state index is 0.0566. The third kappa shape index (κ3) is 4.34. The predicted molar refractivity (Wildman–Crippen MR) is 124 cm³/mol. The topological polar surface area (TPSA) is 80.0 Å². The molecule has 2 aromatic rings. The Bertz CT molecular complexity index is 973. The van der Waals surface area contributed by atoms with Gasteiger partial charge in [0.15, 0.2) is 0 Å². The lowest BCUT2D eigenvalue weighted by Gasteiger charge is -2.45. The number of aromatic nitrogens is 1. The highest BCUT2D eigenvalue weighted by Gasteiger charge is 2.48. The summed E-state index contributed by atoms with van der Waals surface area (Å²) < 4.78 is 13.0. The molecule has 8 heteroatoms. The molecule has 0 bridgehead atoms. The molecule has 1 N–H and O–H groups in total. The lowest BCUT2D eigenvalue weighted by molar-refractivity contribution is -0.133. The number of hydrogen-bond donors (Lipinski definition) is 1. The van der Waals surface area contributed by atoms with Gasteiger partial charge in [0.1, 0.15) is 17.0 Å². The molecule has 4 heterocycles. The molecule has 178 valence electrons. The van der Waals surface area contributed by atoms with Crippen molar-refractivity contribution >= 4 is 11.8 Å². The highest BCUT2D eigenvalue weighted by Crippen LogP contribution is 2.34. The van der Waals surface area contributed by atoms with Crippen molar-refractivity contribution in [2.75, 3.05) is 39.4 Å². The fourth-order valence-corrected chi connectivity index (χ4v) is 5.45. The Kier molecular flexibility index (Phi) is 6.29. The third-order valence-electron chi connectivity index (χ3n) is 7.42. The lowest BCUT2D eigenvalue weighted by Crippen LogP contribution is -2.65. The van der Waals surface area contributed by atoms with E-state index in [0.29, 0.717) is 24.5 Å². The maximum absolute atomic E-state index is 13.7. The van der Waals surface area contributed by atoms with E-state index in [-0.39, 0.29) is 17.9 Å². The molecule has 3 aliphatic rings. The first kappa shape index (κ1) is 22.2. The second kappa shape index (κ2) is 9.35. The first-order valence-electron chi connectivity index (χ1n) is 12.2. The van der Waals surface area contributed by atoms with E-state index in [1.54, 1.807) is 11.2 Å². The maximum atomic E-state index is 13.7. The zero-order valence-electron chi connectivity index (χ0n) is 19.4. The SMILES string of the molecule is CC1(C(=O)NC2CCCC2)Cn2c(ccc2-c2ccco2)C(=O)N1CCCN1CCOCC1. The molecule has 2 amide bonds. The van der Waals surface area contributed by atoms with Gasteiger partial charge in [-0.2, -0.15) is 0 Å². The van der Waals surface area contributed by atoms with E-state index in [9.17, 15) is 9.59 Å². The van der Waals surface area contributed by atoms with Gasteiger partial charge in [0.05, 0.1) is 31.7 Å². The monoisotopic (exact) mass is 454 g/mol. The highest BCUT2D eigenvalue weighted by molar-refractivity contribution is 6.00. The van der Waals surface area contributed by atoms with Crippen LogP contribution in [0.25, 0.3) is 11.5 Å². The standard InChI is InChI=1S/C25H34N4O4/c1-25(24(31)26-19-6-2-3-7-19)18-28-20(22-8-4-15-33-22)9-10-21(28)23(30)29(25)12-5-11-27-13-16-32-17-14-27/h4,8-10,15,19H,2-3,5-7,11-14,16-18H2,1H3,(H,26,31). The van der Waals surface area contributed by atoms with E-state index in [1.165, 1.54) is 0 Å². The van der Waals surface area contributed by atoms with Crippen LogP contribution in [0.15, 0.2) is 34.9 Å². The highest BCUT2D eigenvalue weighted by atomic mass is 16.5. The first-order valence-corrected chi connectivity index (χ1v) is 12.2. The van der Waals surface area contributed by atoms with Gasteiger partial charge < -0.3 is 23.9 Å². The number of carbonyl (C=O) groups is 2. The molecule has 0 radical (unpaired) electrons. The van der Waals surface area contributed by atoms with Crippen molar-refractivity contribution in [2.45, 2.75) is 57.2 Å². The van der Waals surface area contributed by atoms with E-state index in [0.717, 1.165) is 70.6 Å². The lowest BCUT2D eigenvalue weighted by atomic mass is 9.93. The summed E-state index contributed by atoms with van der Waals surface area (Å²) >= 11 is 0. The van der Waals surface area contributed by atoms with E-state index in [1.807, 2.05) is 35.8 Å². The van der Waals surface area contributed by atoms with Gasteiger partial charge in [-0.1, -0.05) is 12.8 Å². The predicted octanol–water partition coefficient (Wildman–Crippen LogP) is 2.74. The van der Waals surface area contributed by atoms with Gasteiger partial charge in [0.2, 0.25) is 5.91 Å². The van der Waals surface area contributed by atoms with Crippen LogP contribution in [-0.4, -0.2) is 77.2 Å². The van der Waals surface area contributed by atoms with Crippen LogP contribution in [0, 0.1) is 0 Å². The Hall–Kier alpha value is -2.58. The molecular weight excluding hydrogens is 420 g/mol. The molecule has 1 aliphatic carbocycles. The Labute approximate surface area is 194 Å². The second-order valence-electron chi connectivity index (χ2n) is 9.66. The summed E-state index contributed by atoms with van der Waals surface area (Å²) in [4.78, 5) is 31.5. The van der Waals surface area contributed by atoms with E-state index in [2.05, 4.69) is 10.2 Å². The summed E-state index contributed by atoms with van der Waals surface area (Å²) in [5.74, 6) is 0.553. The van der Waals surface area contributed by atoms with Gasteiger partial charge in [-0.05, 0) is 50.5 Å². The van der Waals surface area contributed by atoms with Crippen LogP contribution in [0.4, 0.5) is 0 Å². The summed E-state index contributed by atoms with van der Waals surface area (Å²) in [6, 6.07) is 7.69. The second-order valence-corrected chi connectivity index (χ2v) is 9.66. The number of amides is 2. The van der Waals surface area contributed by atoms with E-state index >= 15 is 0 Å². The number of fused-ring (bicyclic) bond motifs is 1. The van der Waals surface area contributed by atoms with Crippen LogP contribution in [0.3, 0.4) is 0 Å². The Morgan fingerprint density at radius 3 is 2.61 bits per heavy atom. The molecule has 1 unspecified atom stereocenters. The summed E-state index contributed by atoms with van der Waals surface area (Å²) in [6.07, 6.45) is 6.77. The molecule has 2 aliphatic heterocycles. The van der Waals surface area contributed by atoms with Gasteiger partial charge in [-0.15, -0.1) is 0 Å². The quantitative estimate of drug-likeness (QED) is 0.696. The molecule has 1 saturated heterocycles. The fraction of sp³-hybridized carbons (Fsp3) is 0.600. The molecule has 0 aromatic carbocycles. The average Bonchev–Trinajstić information content (AvgIpc) is 3.58. The minimum Gasteiger partial charge on any atom is -0.463 e. The van der Waals surface area contributed by atoms with E-state index in [4.69, 9.17) is 9.15 Å². The number of morpholine rings is 1. The van der Waals surface area contributed by atoms with Crippen molar-refractivity contribution in [1.82, 2.24) is 19.7 Å². The largest absolute Gasteiger partial charge is 0.463 e. The van der Waals surface area contributed by atoms with Crippen molar-refractivity contribution in [2.24, 2.45) is 0 Å². The van der Waals surface area contributed by atoms with Gasteiger partial charge in [-0.25, -0.2) is 0 Å². The van der Waals surface area contributed by atoms with Crippen LogP contribution in [0.2, 0.25) is 0 Å². The van der Waals surface area contributed by atoms with Crippen LogP contribution < -0.4 is 5.32 Å². The summed E-state index contributed by atoms with van der Waals surface area (Å²) in [5, 5.41) is 3.26. The molecule has 0 spiro atoms. The Balaban J connectivity index is 1.40. The van der Waals surface area contributed by atoms with Crippen molar-refractivity contribution in [3.8, 4) is 11.5 Å². The van der Waals surface area contributed by atoms with Crippen LogP contribution >= 0.6 is 0 Å². The van der Waals surface area contributed by atoms with Gasteiger partial charge in [0, 0.05) is 32.2 Å². The fourth-order valence-electron chi connectivity index (χ4n) is 5.45. The normalized spacial score (nSPS) is 24.3. The smallest absolute Gasteiger partial charge is 0.271 e. The summed E-state index contributed by atoms with van der Waals surface area (Å²) in [5.41, 5.74) is 0.480. The van der Waals surface area contributed by atoms with E-state index < -0.39 is 5.54 Å². The van der Waals surface area contributed by atoms with Crippen molar-refractivity contribution in [3.63, 3.8) is 0 Å². The average molecular weight is 455 g/mol. The van der Waals surface area contributed by atoms with Crippen molar-refractivity contribution in [1.29, 1.82) is 0 Å². The number of nitrogens with zero attached hydrogens (tertiary/aromatic N) is 3. The van der Waals surface area contributed by atoms with Crippen LogP contribution in [-0.2, 0) is 16.1 Å². The first-order chi connectivity index (χ1) is 16.1. The molecule has 5 rings (SSSR count). The van der Waals surface area contributed by atoms with Gasteiger partial charge in [-0.3, -0.25) is 14.5 Å². The number of hydrogen-bond acceptors (Lipinski definition) is 5. The summed E-state index contributed by atoms with van der Waals surface area (Å²) in [6.45, 7) is 7.12. The molecule has 1 atom stereocenters. The minimum atomic E-state index is -0.960. The summed E-state index contributed by atoms with van der Waals surface area (Å²) in [7, 11) is 0. The molecule has 2 aromatic heterocycles. The number of nitrogens with one attached hydrogen (secondary N) is 1. The Morgan fingerprint density at radius 1 is 1.12 bits per heavy atom. The zero-order valence-corrected chi connectivity index (χ0v) is 19.4. The zero-order chi connectivity index (χ0) is 22.8. The number of carbonyl (C=O) groups excluding carboxylic acids is 2. The van der Waals surface area contributed by atoms with Gasteiger partial charge in [0.25, 0.3) is 5.91 Å². The van der Waals surface area contributed by atoms with Crippen LogP contribution in [0.1, 0.15) is 49.5 Å². The third-order valence-corrected chi connectivity index (χ3v) is 7.42. The molecule has 2 fully saturated rings. The number of furan rings is 1. The molecule has 8 nitrogen and oxygen atoms in total.